The molecule has 1 aliphatic heterocycles. The lowest BCUT2D eigenvalue weighted by molar-refractivity contribution is -0.138. The summed E-state index contributed by atoms with van der Waals surface area (Å²) in [6.07, 6.45) is 0.449. The molecule has 0 radical (unpaired) electrons. The number of hydrogen-bond acceptors (Lipinski definition) is 4. The quantitative estimate of drug-likeness (QED) is 0.750. The first-order chi connectivity index (χ1) is 11.4. The first kappa shape index (κ1) is 17.1. The average molecular weight is 385 g/mol. The highest BCUT2D eigenvalue weighted by molar-refractivity contribution is 7.08. The van der Waals surface area contributed by atoms with Crippen LogP contribution in [-0.2, 0) is 16.0 Å². The van der Waals surface area contributed by atoms with Gasteiger partial charge >= 0.3 is 5.97 Å². The second-order valence-electron chi connectivity index (χ2n) is 5.55. The molecule has 2 atom stereocenters. The maximum atomic E-state index is 12.3. The van der Waals surface area contributed by atoms with Crippen LogP contribution in [0, 0.1) is 0 Å². The van der Waals surface area contributed by atoms with Gasteiger partial charge in [0.15, 0.2) is 0 Å². The summed E-state index contributed by atoms with van der Waals surface area (Å²) >= 11 is 13.8. The Morgan fingerprint density at radius 2 is 2.17 bits per heavy atom. The largest absolute Gasteiger partial charge is 0.480 e. The Hall–Kier alpha value is -1.76. The zero-order chi connectivity index (χ0) is 17.3. The number of halogens is 2. The van der Waals surface area contributed by atoms with Crippen LogP contribution >= 0.6 is 34.5 Å². The third kappa shape index (κ3) is 3.66. The number of fused-ring (bicyclic) bond motifs is 1. The molecule has 0 aliphatic carbocycles. The SMILES string of the molecule is O=C(Cc1ccsc1)N[C@H]1C[C@H](C(=O)O)Nc2cc(Cl)cc(Cl)c21. The molecule has 3 N–H and O–H groups in total. The van der Waals surface area contributed by atoms with Gasteiger partial charge in [0.1, 0.15) is 6.04 Å². The van der Waals surface area contributed by atoms with Crippen molar-refractivity contribution in [2.24, 2.45) is 0 Å². The van der Waals surface area contributed by atoms with E-state index in [1.807, 2.05) is 16.8 Å². The van der Waals surface area contributed by atoms with Gasteiger partial charge in [-0.05, 0) is 34.5 Å². The lowest BCUT2D eigenvalue weighted by atomic mass is 9.92. The van der Waals surface area contributed by atoms with Crippen molar-refractivity contribution in [2.45, 2.75) is 24.9 Å². The zero-order valence-corrected chi connectivity index (χ0v) is 14.7. The molecular weight excluding hydrogens is 371 g/mol. The monoisotopic (exact) mass is 384 g/mol. The van der Waals surface area contributed by atoms with Crippen LogP contribution in [0.5, 0.6) is 0 Å². The van der Waals surface area contributed by atoms with Gasteiger partial charge in [0, 0.05) is 27.7 Å². The van der Waals surface area contributed by atoms with Gasteiger partial charge < -0.3 is 15.7 Å². The molecule has 0 spiro atoms. The molecule has 126 valence electrons. The Kier molecular flexibility index (Phi) is 4.99. The number of thiophene rings is 1. The molecule has 8 heteroatoms. The molecule has 1 aromatic heterocycles. The Bertz CT molecular complexity index is 780. The van der Waals surface area contributed by atoms with Crippen LogP contribution in [0.15, 0.2) is 29.0 Å². The molecule has 0 bridgehead atoms. The molecule has 0 saturated carbocycles. The topological polar surface area (TPSA) is 78.4 Å². The van der Waals surface area contributed by atoms with Crippen LogP contribution in [0.1, 0.15) is 23.6 Å². The highest BCUT2D eigenvalue weighted by atomic mass is 35.5. The summed E-state index contributed by atoms with van der Waals surface area (Å²) in [5.74, 6) is -1.17. The van der Waals surface area contributed by atoms with E-state index in [0.29, 0.717) is 21.3 Å². The van der Waals surface area contributed by atoms with Gasteiger partial charge in [-0.15, -0.1) is 0 Å². The van der Waals surface area contributed by atoms with Crippen LogP contribution in [0.4, 0.5) is 5.69 Å². The number of carbonyl (C=O) groups excluding carboxylic acids is 1. The number of carboxylic acid groups (broad SMARTS) is 1. The fourth-order valence-electron chi connectivity index (χ4n) is 2.78. The second kappa shape index (κ2) is 7.01. The van der Waals surface area contributed by atoms with Crippen molar-refractivity contribution in [3.8, 4) is 0 Å². The smallest absolute Gasteiger partial charge is 0.326 e. The molecule has 1 amide bonds. The maximum Gasteiger partial charge on any atom is 0.326 e. The van der Waals surface area contributed by atoms with Crippen LogP contribution in [0.25, 0.3) is 0 Å². The van der Waals surface area contributed by atoms with E-state index >= 15 is 0 Å². The third-order valence-corrected chi connectivity index (χ3v) is 5.08. The summed E-state index contributed by atoms with van der Waals surface area (Å²) in [7, 11) is 0. The fourth-order valence-corrected chi connectivity index (χ4v) is 4.07. The number of anilines is 1. The molecule has 1 aliphatic rings. The van der Waals surface area contributed by atoms with Crippen molar-refractivity contribution >= 4 is 52.1 Å². The second-order valence-corrected chi connectivity index (χ2v) is 7.17. The molecule has 0 saturated heterocycles. The lowest BCUT2D eigenvalue weighted by Gasteiger charge is -2.32. The minimum atomic E-state index is -0.992. The molecule has 24 heavy (non-hydrogen) atoms. The Balaban J connectivity index is 1.86. The van der Waals surface area contributed by atoms with Crippen molar-refractivity contribution in [1.29, 1.82) is 0 Å². The summed E-state index contributed by atoms with van der Waals surface area (Å²) in [6.45, 7) is 0. The number of aliphatic carboxylic acids is 1. The minimum absolute atomic E-state index is 0.179. The lowest BCUT2D eigenvalue weighted by Crippen LogP contribution is -2.41. The minimum Gasteiger partial charge on any atom is -0.480 e. The van der Waals surface area contributed by atoms with Gasteiger partial charge in [-0.25, -0.2) is 4.79 Å². The van der Waals surface area contributed by atoms with Gasteiger partial charge in [0.05, 0.1) is 12.5 Å². The Morgan fingerprint density at radius 1 is 1.38 bits per heavy atom. The van der Waals surface area contributed by atoms with Crippen molar-refractivity contribution in [3.63, 3.8) is 0 Å². The normalized spacial score (nSPS) is 19.2. The number of rotatable bonds is 4. The van der Waals surface area contributed by atoms with Crippen molar-refractivity contribution in [3.05, 3.63) is 50.1 Å². The van der Waals surface area contributed by atoms with Crippen LogP contribution in [-0.4, -0.2) is 23.0 Å². The van der Waals surface area contributed by atoms with E-state index in [2.05, 4.69) is 10.6 Å². The van der Waals surface area contributed by atoms with Gasteiger partial charge in [-0.2, -0.15) is 11.3 Å². The molecule has 0 unspecified atom stereocenters. The fraction of sp³-hybridized carbons (Fsp3) is 0.250. The van der Waals surface area contributed by atoms with E-state index in [9.17, 15) is 14.7 Å². The summed E-state index contributed by atoms with van der Waals surface area (Å²) in [5, 5.41) is 19.7. The van der Waals surface area contributed by atoms with E-state index < -0.39 is 18.1 Å². The average Bonchev–Trinajstić information content (AvgIpc) is 2.98. The van der Waals surface area contributed by atoms with Crippen molar-refractivity contribution in [1.82, 2.24) is 5.32 Å². The number of benzene rings is 1. The molecule has 5 nitrogen and oxygen atoms in total. The number of amides is 1. The van der Waals surface area contributed by atoms with Gasteiger partial charge in [0.2, 0.25) is 5.91 Å². The van der Waals surface area contributed by atoms with E-state index in [-0.39, 0.29) is 18.7 Å². The van der Waals surface area contributed by atoms with Crippen molar-refractivity contribution < 1.29 is 14.7 Å². The van der Waals surface area contributed by atoms with Crippen LogP contribution < -0.4 is 10.6 Å². The molecule has 2 aromatic rings. The summed E-state index contributed by atoms with van der Waals surface area (Å²) in [6, 6.07) is 3.78. The molecular formula is C16H14Cl2N2O3S. The first-order valence-corrected chi connectivity index (χ1v) is 8.92. The van der Waals surface area contributed by atoms with Gasteiger partial charge in [-0.1, -0.05) is 23.2 Å². The van der Waals surface area contributed by atoms with E-state index in [1.54, 1.807) is 12.1 Å². The van der Waals surface area contributed by atoms with Crippen LogP contribution in [0.2, 0.25) is 10.0 Å². The molecule has 3 rings (SSSR count). The summed E-state index contributed by atoms with van der Waals surface area (Å²) in [5.41, 5.74) is 2.12. The Morgan fingerprint density at radius 3 is 2.83 bits per heavy atom. The van der Waals surface area contributed by atoms with E-state index in [4.69, 9.17) is 23.2 Å². The number of nitrogens with one attached hydrogen (secondary N) is 2. The maximum absolute atomic E-state index is 12.3. The van der Waals surface area contributed by atoms with Crippen molar-refractivity contribution in [2.75, 3.05) is 5.32 Å². The van der Waals surface area contributed by atoms with E-state index in [0.717, 1.165) is 5.56 Å². The summed E-state index contributed by atoms with van der Waals surface area (Å²) in [4.78, 5) is 23.7. The standard InChI is InChI=1S/C16H14Cl2N2O3S/c17-9-4-10(18)15-11(5-9)19-13(16(22)23)6-12(15)20-14(21)3-8-1-2-24-7-8/h1-2,4-5,7,12-13,19H,3,6H2,(H,20,21)(H,22,23)/t12-,13+/m0/s1. The molecule has 1 aromatic carbocycles. The zero-order valence-electron chi connectivity index (χ0n) is 12.4. The highest BCUT2D eigenvalue weighted by Gasteiger charge is 2.33. The molecule has 2 heterocycles. The van der Waals surface area contributed by atoms with Gasteiger partial charge in [0.25, 0.3) is 0 Å². The van der Waals surface area contributed by atoms with Gasteiger partial charge in [-0.3, -0.25) is 4.79 Å². The number of hydrogen-bond donors (Lipinski definition) is 3. The Labute approximate surface area is 152 Å². The third-order valence-electron chi connectivity index (χ3n) is 3.82. The molecule has 0 fully saturated rings. The predicted octanol–water partition coefficient (Wildman–Crippen LogP) is 3.72. The first-order valence-electron chi connectivity index (χ1n) is 7.22. The van der Waals surface area contributed by atoms with Crippen LogP contribution in [0.3, 0.4) is 0 Å². The number of carbonyl (C=O) groups is 2. The number of carboxylic acids is 1. The highest BCUT2D eigenvalue weighted by Crippen LogP contribution is 2.39. The van der Waals surface area contributed by atoms with E-state index in [1.165, 1.54) is 11.3 Å². The predicted molar refractivity (Wildman–Crippen MR) is 95.0 cm³/mol. The summed E-state index contributed by atoms with van der Waals surface area (Å²) < 4.78 is 0.